The van der Waals surface area contributed by atoms with Crippen LogP contribution in [-0.2, 0) is 16.6 Å². The van der Waals surface area contributed by atoms with Gasteiger partial charge in [-0.05, 0) is 42.2 Å². The maximum absolute atomic E-state index is 13.6. The number of aliphatic imine (C=N–C) groups is 1. The summed E-state index contributed by atoms with van der Waals surface area (Å²) in [4.78, 5) is 35.5. The van der Waals surface area contributed by atoms with Crippen LogP contribution in [0.5, 0.6) is 5.75 Å². The highest BCUT2D eigenvalue weighted by atomic mass is 16.5. The highest BCUT2D eigenvalue weighted by molar-refractivity contribution is 6.10. The molecule has 34 heavy (non-hydrogen) atoms. The van der Waals surface area contributed by atoms with Gasteiger partial charge in [0.15, 0.2) is 17.2 Å². The lowest BCUT2D eigenvalue weighted by Gasteiger charge is -2.36. The number of methoxy groups -OCH3 is 1. The number of rotatable bonds is 9. The molecule has 1 amide bonds. The molecule has 2 aromatic carbocycles. The molecular weight excluding hydrogens is 430 g/mol. The topological polar surface area (TPSA) is 82.8 Å². The van der Waals surface area contributed by atoms with Crippen molar-refractivity contribution in [1.82, 2.24) is 9.55 Å². The standard InChI is InChI=1S/C27H29N3O4/c1-18(2)17-27(26(32)29-25(34-27)20-10-12-21(33-4)13-11-20)22(19-8-6-5-7-9-19)16-23(31)24-28-14-15-30(24)3/h5-15,18,22H,16-17H2,1-4H3/t22-,27+/m1/s1. The minimum absolute atomic E-state index is 0.0682. The van der Waals surface area contributed by atoms with Gasteiger partial charge in [0, 0.05) is 37.3 Å². The smallest absolute Gasteiger partial charge is 0.293 e. The zero-order valence-electron chi connectivity index (χ0n) is 19.9. The summed E-state index contributed by atoms with van der Waals surface area (Å²) < 4.78 is 13.4. The van der Waals surface area contributed by atoms with Gasteiger partial charge in [-0.1, -0.05) is 44.2 Å². The van der Waals surface area contributed by atoms with Gasteiger partial charge in [0.2, 0.25) is 5.90 Å². The van der Waals surface area contributed by atoms with E-state index in [0.717, 1.165) is 5.56 Å². The first kappa shape index (κ1) is 23.4. The Kier molecular flexibility index (Phi) is 6.63. The molecule has 0 saturated carbocycles. The van der Waals surface area contributed by atoms with E-state index in [9.17, 15) is 9.59 Å². The number of imidazole rings is 1. The quantitative estimate of drug-likeness (QED) is 0.438. The largest absolute Gasteiger partial charge is 0.497 e. The Bertz CT molecular complexity index is 1200. The van der Waals surface area contributed by atoms with E-state index in [1.165, 1.54) is 0 Å². The molecular formula is C27H29N3O4. The Balaban J connectivity index is 1.76. The molecule has 0 unspecified atom stereocenters. The van der Waals surface area contributed by atoms with Gasteiger partial charge >= 0.3 is 0 Å². The molecule has 7 nitrogen and oxygen atoms in total. The number of carbonyl (C=O) groups excluding carboxylic acids is 2. The van der Waals surface area contributed by atoms with Gasteiger partial charge in [-0.2, -0.15) is 4.99 Å². The monoisotopic (exact) mass is 459 g/mol. The predicted octanol–water partition coefficient (Wildman–Crippen LogP) is 4.57. The van der Waals surface area contributed by atoms with Gasteiger partial charge in [0.25, 0.3) is 5.91 Å². The number of Topliss-reactive ketones (excluding diaryl/α,β-unsaturated/α-hetero) is 1. The fourth-order valence-corrected chi connectivity index (χ4v) is 4.53. The van der Waals surface area contributed by atoms with Crippen molar-refractivity contribution in [2.45, 2.75) is 38.2 Å². The highest BCUT2D eigenvalue weighted by Gasteiger charge is 2.54. The second-order valence-electron chi connectivity index (χ2n) is 8.99. The third-order valence-corrected chi connectivity index (χ3v) is 6.12. The van der Waals surface area contributed by atoms with Gasteiger partial charge in [0.05, 0.1) is 7.11 Å². The summed E-state index contributed by atoms with van der Waals surface area (Å²) in [7, 11) is 3.38. The Morgan fingerprint density at radius 3 is 2.41 bits per heavy atom. The van der Waals surface area contributed by atoms with E-state index in [-0.39, 0.29) is 29.9 Å². The van der Waals surface area contributed by atoms with E-state index in [4.69, 9.17) is 9.47 Å². The van der Waals surface area contributed by atoms with Crippen molar-refractivity contribution >= 4 is 17.6 Å². The van der Waals surface area contributed by atoms with Crippen molar-refractivity contribution in [2.75, 3.05) is 7.11 Å². The second-order valence-corrected chi connectivity index (χ2v) is 8.99. The molecule has 0 radical (unpaired) electrons. The molecule has 2 heterocycles. The fourth-order valence-electron chi connectivity index (χ4n) is 4.53. The van der Waals surface area contributed by atoms with E-state index < -0.39 is 11.5 Å². The Hall–Kier alpha value is -3.74. The van der Waals surface area contributed by atoms with Crippen LogP contribution in [0.25, 0.3) is 0 Å². The Labute approximate surface area is 199 Å². The number of carbonyl (C=O) groups is 2. The van der Waals surface area contributed by atoms with Crippen LogP contribution in [0.2, 0.25) is 0 Å². The lowest BCUT2D eigenvalue weighted by molar-refractivity contribution is -0.134. The molecule has 7 heteroatoms. The SMILES string of the molecule is COc1ccc(C2=NC(=O)[C@](CC(C)C)([C@H](CC(=O)c3nccn3C)c3ccccc3)O2)cc1. The molecule has 2 atom stereocenters. The maximum Gasteiger partial charge on any atom is 0.293 e. The number of ketones is 1. The molecule has 0 N–H and O–H groups in total. The van der Waals surface area contributed by atoms with Crippen LogP contribution in [0.15, 0.2) is 72.0 Å². The van der Waals surface area contributed by atoms with Crippen LogP contribution in [0, 0.1) is 5.92 Å². The minimum atomic E-state index is -1.30. The van der Waals surface area contributed by atoms with Crippen LogP contribution in [-0.4, -0.2) is 39.9 Å². The molecule has 0 fully saturated rings. The van der Waals surface area contributed by atoms with Gasteiger partial charge < -0.3 is 14.0 Å². The van der Waals surface area contributed by atoms with Crippen molar-refractivity contribution in [2.24, 2.45) is 18.0 Å². The predicted molar refractivity (Wildman–Crippen MR) is 129 cm³/mol. The van der Waals surface area contributed by atoms with Crippen LogP contribution in [0.1, 0.15) is 54.4 Å². The van der Waals surface area contributed by atoms with Crippen molar-refractivity contribution in [1.29, 1.82) is 0 Å². The number of nitrogens with zero attached hydrogens (tertiary/aromatic N) is 3. The maximum atomic E-state index is 13.6. The second kappa shape index (κ2) is 9.63. The number of hydrogen-bond donors (Lipinski definition) is 0. The number of ether oxygens (including phenoxy) is 2. The van der Waals surface area contributed by atoms with Crippen LogP contribution < -0.4 is 4.74 Å². The number of amides is 1. The van der Waals surface area contributed by atoms with E-state index in [1.54, 1.807) is 43.3 Å². The molecule has 1 aromatic heterocycles. The molecule has 1 aliphatic heterocycles. The molecule has 3 aromatic rings. The van der Waals surface area contributed by atoms with E-state index in [2.05, 4.69) is 9.98 Å². The van der Waals surface area contributed by atoms with Crippen LogP contribution in [0.3, 0.4) is 0 Å². The lowest BCUT2D eigenvalue weighted by atomic mass is 9.74. The van der Waals surface area contributed by atoms with Gasteiger partial charge in [0.1, 0.15) is 5.75 Å². The molecule has 1 aliphatic rings. The van der Waals surface area contributed by atoms with Crippen molar-refractivity contribution in [3.05, 3.63) is 83.9 Å². The van der Waals surface area contributed by atoms with Crippen molar-refractivity contribution in [3.63, 3.8) is 0 Å². The zero-order chi connectivity index (χ0) is 24.3. The average Bonchev–Trinajstić information content (AvgIpc) is 3.41. The van der Waals surface area contributed by atoms with Crippen LogP contribution in [0.4, 0.5) is 0 Å². The number of aryl methyl sites for hydroxylation is 1. The summed E-state index contributed by atoms with van der Waals surface area (Å²) in [5.41, 5.74) is 0.235. The highest BCUT2D eigenvalue weighted by Crippen LogP contribution is 2.44. The Morgan fingerprint density at radius 1 is 1.12 bits per heavy atom. The Morgan fingerprint density at radius 2 is 1.82 bits per heavy atom. The van der Waals surface area contributed by atoms with Crippen LogP contribution >= 0.6 is 0 Å². The van der Waals surface area contributed by atoms with Crippen molar-refractivity contribution < 1.29 is 19.1 Å². The van der Waals surface area contributed by atoms with Gasteiger partial charge in [-0.25, -0.2) is 4.98 Å². The van der Waals surface area contributed by atoms with E-state index in [1.807, 2.05) is 56.3 Å². The average molecular weight is 460 g/mol. The normalized spacial score (nSPS) is 18.5. The first-order chi connectivity index (χ1) is 16.3. The summed E-state index contributed by atoms with van der Waals surface area (Å²) >= 11 is 0. The van der Waals surface area contributed by atoms with Gasteiger partial charge in [-0.3, -0.25) is 9.59 Å². The van der Waals surface area contributed by atoms with E-state index in [0.29, 0.717) is 23.6 Å². The molecule has 4 rings (SSSR count). The zero-order valence-corrected chi connectivity index (χ0v) is 19.9. The summed E-state index contributed by atoms with van der Waals surface area (Å²) in [5, 5.41) is 0. The first-order valence-corrected chi connectivity index (χ1v) is 11.4. The van der Waals surface area contributed by atoms with E-state index >= 15 is 0 Å². The third kappa shape index (κ3) is 4.51. The molecule has 0 bridgehead atoms. The molecule has 0 saturated heterocycles. The summed E-state index contributed by atoms with van der Waals surface area (Å²) in [6.07, 6.45) is 3.81. The number of hydrogen-bond acceptors (Lipinski definition) is 5. The van der Waals surface area contributed by atoms with Crippen molar-refractivity contribution in [3.8, 4) is 5.75 Å². The summed E-state index contributed by atoms with van der Waals surface area (Å²) in [5.74, 6) is 0.384. The molecule has 0 spiro atoms. The number of benzene rings is 2. The fraction of sp³-hybridized carbons (Fsp3) is 0.333. The minimum Gasteiger partial charge on any atom is -0.497 e. The first-order valence-electron chi connectivity index (χ1n) is 11.4. The summed E-state index contributed by atoms with van der Waals surface area (Å²) in [6.45, 7) is 4.07. The van der Waals surface area contributed by atoms with Gasteiger partial charge in [-0.15, -0.1) is 0 Å². The summed E-state index contributed by atoms with van der Waals surface area (Å²) in [6, 6.07) is 16.8. The molecule has 176 valence electrons. The third-order valence-electron chi connectivity index (χ3n) is 6.12. The molecule has 0 aliphatic carbocycles. The number of aromatic nitrogens is 2. The lowest BCUT2D eigenvalue weighted by Crippen LogP contribution is -2.46.